The third-order valence-electron chi connectivity index (χ3n) is 3.74. The zero-order chi connectivity index (χ0) is 18.8. The monoisotopic (exact) mass is 373 g/mol. The van der Waals surface area contributed by atoms with Gasteiger partial charge in [-0.2, -0.15) is 0 Å². The first kappa shape index (κ1) is 19.9. The molecule has 0 aliphatic carbocycles. The second-order valence-electron chi connectivity index (χ2n) is 5.81. The number of thiazole rings is 1. The number of nitrogens with one attached hydrogen (secondary N) is 2. The van der Waals surface area contributed by atoms with Gasteiger partial charge in [0.05, 0.1) is 6.54 Å². The lowest BCUT2D eigenvalue weighted by molar-refractivity contribution is -0.130. The van der Waals surface area contributed by atoms with Crippen LogP contribution in [0.4, 0.5) is 0 Å². The van der Waals surface area contributed by atoms with Crippen molar-refractivity contribution in [3.63, 3.8) is 0 Å². The molecule has 26 heavy (non-hydrogen) atoms. The Bertz CT molecular complexity index is 714. The summed E-state index contributed by atoms with van der Waals surface area (Å²) in [5.74, 6) is 0.642. The molecular formula is C19H27N5OS. The molecule has 140 valence electrons. The van der Waals surface area contributed by atoms with Gasteiger partial charge in [0.1, 0.15) is 11.6 Å². The maximum Gasteiger partial charge on any atom is 0.244 e. The van der Waals surface area contributed by atoms with Gasteiger partial charge in [-0.25, -0.2) is 9.98 Å². The van der Waals surface area contributed by atoms with Crippen molar-refractivity contribution in [1.82, 2.24) is 20.5 Å². The molecule has 0 fully saturated rings. The summed E-state index contributed by atoms with van der Waals surface area (Å²) < 4.78 is 0. The molecule has 6 nitrogen and oxygen atoms in total. The Balaban J connectivity index is 1.92. The zero-order valence-electron chi connectivity index (χ0n) is 15.7. The molecule has 1 heterocycles. The number of amides is 1. The Morgan fingerprint density at radius 3 is 2.62 bits per heavy atom. The van der Waals surface area contributed by atoms with Gasteiger partial charge in [-0.15, -0.1) is 11.3 Å². The fourth-order valence-electron chi connectivity index (χ4n) is 2.41. The van der Waals surface area contributed by atoms with Crippen LogP contribution in [0.25, 0.3) is 0 Å². The number of aromatic nitrogens is 1. The maximum absolute atomic E-state index is 12.5. The second-order valence-corrected chi connectivity index (χ2v) is 7.13. The van der Waals surface area contributed by atoms with Crippen molar-refractivity contribution >= 4 is 23.2 Å². The normalized spacial score (nSPS) is 11.3. The number of aryl methyl sites for hydroxylation is 1. The number of likely N-dealkylation sites (N-methyl/N-ethyl adjacent to an activating group) is 1. The van der Waals surface area contributed by atoms with Gasteiger partial charge >= 0.3 is 0 Å². The van der Waals surface area contributed by atoms with E-state index in [0.717, 1.165) is 17.1 Å². The van der Waals surface area contributed by atoms with Crippen molar-refractivity contribution < 1.29 is 4.79 Å². The summed E-state index contributed by atoms with van der Waals surface area (Å²) in [5.41, 5.74) is 1.12. The molecule has 0 radical (unpaired) electrons. The van der Waals surface area contributed by atoms with Crippen molar-refractivity contribution in [2.75, 3.05) is 19.6 Å². The summed E-state index contributed by atoms with van der Waals surface area (Å²) in [6, 6.07) is 10.0. The van der Waals surface area contributed by atoms with Gasteiger partial charge in [0, 0.05) is 30.7 Å². The zero-order valence-corrected chi connectivity index (χ0v) is 16.5. The van der Waals surface area contributed by atoms with Crippen LogP contribution >= 0.6 is 11.3 Å². The SMILES string of the molecule is CCNC(=NCC(=O)N(CC)Cc1ccccc1)NCc1ncc(C)s1. The van der Waals surface area contributed by atoms with Crippen LogP contribution < -0.4 is 10.6 Å². The Morgan fingerprint density at radius 1 is 1.23 bits per heavy atom. The van der Waals surface area contributed by atoms with Gasteiger partial charge in [0.15, 0.2) is 5.96 Å². The van der Waals surface area contributed by atoms with Crippen molar-refractivity contribution in [3.05, 3.63) is 52.0 Å². The predicted molar refractivity (Wildman–Crippen MR) is 107 cm³/mol. The van der Waals surface area contributed by atoms with E-state index in [9.17, 15) is 4.79 Å². The van der Waals surface area contributed by atoms with Crippen molar-refractivity contribution in [2.24, 2.45) is 4.99 Å². The van der Waals surface area contributed by atoms with Gasteiger partial charge in [0.25, 0.3) is 0 Å². The largest absolute Gasteiger partial charge is 0.357 e. The number of nitrogens with zero attached hydrogens (tertiary/aromatic N) is 3. The molecule has 2 rings (SSSR count). The van der Waals surface area contributed by atoms with Gasteiger partial charge in [-0.3, -0.25) is 4.79 Å². The highest BCUT2D eigenvalue weighted by Gasteiger charge is 2.12. The molecule has 1 aromatic heterocycles. The standard InChI is InChI=1S/C19H27N5OS/c1-4-20-19(22-12-17-21-11-15(3)26-17)23-13-18(25)24(5-2)14-16-9-7-6-8-10-16/h6-11H,4-5,12-14H2,1-3H3,(H2,20,22,23). The molecule has 0 unspecified atom stereocenters. The van der Waals surface area contributed by atoms with Gasteiger partial charge in [-0.1, -0.05) is 30.3 Å². The fraction of sp³-hybridized carbons (Fsp3) is 0.421. The Morgan fingerprint density at radius 2 is 2.00 bits per heavy atom. The molecule has 7 heteroatoms. The van der Waals surface area contributed by atoms with Crippen molar-refractivity contribution in [2.45, 2.75) is 33.9 Å². The first-order chi connectivity index (χ1) is 12.6. The van der Waals surface area contributed by atoms with E-state index < -0.39 is 0 Å². The van der Waals surface area contributed by atoms with E-state index >= 15 is 0 Å². The van der Waals surface area contributed by atoms with Crippen LogP contribution in [0.5, 0.6) is 0 Å². The number of hydrogen-bond donors (Lipinski definition) is 2. The maximum atomic E-state index is 12.5. The van der Waals surface area contributed by atoms with Crippen LogP contribution in [0.15, 0.2) is 41.5 Å². The molecule has 1 aromatic carbocycles. The predicted octanol–water partition coefficient (Wildman–Crippen LogP) is 2.56. The summed E-state index contributed by atoms with van der Waals surface area (Å²) in [6.07, 6.45) is 1.86. The summed E-state index contributed by atoms with van der Waals surface area (Å²) >= 11 is 1.65. The minimum absolute atomic E-state index is 0.0126. The number of benzene rings is 1. The highest BCUT2D eigenvalue weighted by atomic mass is 32.1. The molecule has 0 saturated heterocycles. The van der Waals surface area contributed by atoms with Crippen LogP contribution in [0.3, 0.4) is 0 Å². The fourth-order valence-corrected chi connectivity index (χ4v) is 3.14. The molecular weight excluding hydrogens is 346 g/mol. The Labute approximate surface area is 159 Å². The quantitative estimate of drug-likeness (QED) is 0.551. The summed E-state index contributed by atoms with van der Waals surface area (Å²) in [6.45, 7) is 8.73. The lowest BCUT2D eigenvalue weighted by Crippen LogP contribution is -2.38. The number of rotatable bonds is 8. The van der Waals surface area contributed by atoms with Gasteiger partial charge < -0.3 is 15.5 Å². The minimum atomic E-state index is 0.0126. The number of carbonyl (C=O) groups is 1. The molecule has 2 aromatic rings. The molecule has 0 aliphatic rings. The summed E-state index contributed by atoms with van der Waals surface area (Å²) in [7, 11) is 0. The third-order valence-corrected chi connectivity index (χ3v) is 4.66. The van der Waals surface area contributed by atoms with Crippen LogP contribution in [0.2, 0.25) is 0 Å². The summed E-state index contributed by atoms with van der Waals surface area (Å²) in [5, 5.41) is 7.39. The van der Waals surface area contributed by atoms with Gasteiger partial charge in [-0.05, 0) is 26.3 Å². The average molecular weight is 374 g/mol. The number of guanidine groups is 1. The number of hydrogen-bond acceptors (Lipinski definition) is 4. The molecule has 0 aliphatic heterocycles. The molecule has 2 N–H and O–H groups in total. The molecule has 1 amide bonds. The highest BCUT2D eigenvalue weighted by Crippen LogP contribution is 2.10. The first-order valence-electron chi connectivity index (χ1n) is 8.87. The lowest BCUT2D eigenvalue weighted by Gasteiger charge is -2.20. The van der Waals surface area contributed by atoms with E-state index in [1.165, 1.54) is 4.88 Å². The van der Waals surface area contributed by atoms with E-state index in [4.69, 9.17) is 0 Å². The first-order valence-corrected chi connectivity index (χ1v) is 9.69. The lowest BCUT2D eigenvalue weighted by atomic mass is 10.2. The average Bonchev–Trinajstić information content (AvgIpc) is 3.08. The highest BCUT2D eigenvalue weighted by molar-refractivity contribution is 7.11. The molecule has 0 atom stereocenters. The third kappa shape index (κ3) is 6.48. The van der Waals surface area contributed by atoms with Crippen LogP contribution in [0, 0.1) is 6.92 Å². The van der Waals surface area contributed by atoms with Gasteiger partial charge in [0.2, 0.25) is 5.91 Å². The minimum Gasteiger partial charge on any atom is -0.357 e. The Hall–Kier alpha value is -2.41. The molecule has 0 bridgehead atoms. The number of aliphatic imine (C=N–C) groups is 1. The number of carbonyl (C=O) groups excluding carboxylic acids is 1. The smallest absolute Gasteiger partial charge is 0.244 e. The molecule has 0 spiro atoms. The topological polar surface area (TPSA) is 69.6 Å². The van der Waals surface area contributed by atoms with E-state index in [1.54, 1.807) is 11.3 Å². The van der Waals surface area contributed by atoms with Crippen molar-refractivity contribution in [3.8, 4) is 0 Å². The Kier molecular flexibility index (Phi) is 8.08. The van der Waals surface area contributed by atoms with E-state index in [0.29, 0.717) is 25.6 Å². The summed E-state index contributed by atoms with van der Waals surface area (Å²) in [4.78, 5) is 24.3. The molecule has 0 saturated carbocycles. The van der Waals surface area contributed by atoms with Crippen molar-refractivity contribution in [1.29, 1.82) is 0 Å². The second kappa shape index (κ2) is 10.6. The van der Waals surface area contributed by atoms with E-state index in [2.05, 4.69) is 20.6 Å². The van der Waals surface area contributed by atoms with Crippen LogP contribution in [-0.2, 0) is 17.9 Å². The van der Waals surface area contributed by atoms with Crippen LogP contribution in [0.1, 0.15) is 29.3 Å². The van der Waals surface area contributed by atoms with Crippen LogP contribution in [-0.4, -0.2) is 41.4 Å². The van der Waals surface area contributed by atoms with E-state index in [-0.39, 0.29) is 12.5 Å². The van der Waals surface area contributed by atoms with E-state index in [1.807, 2.05) is 62.2 Å².